The van der Waals surface area contributed by atoms with Crippen LogP contribution < -0.4 is 24.4 Å². The molecule has 2 aromatic rings. The molecule has 1 aliphatic carbocycles. The Kier molecular flexibility index (Phi) is 7.74. The Morgan fingerprint density at radius 3 is 2.49 bits per heavy atom. The van der Waals surface area contributed by atoms with Crippen molar-refractivity contribution in [2.24, 2.45) is 0 Å². The van der Waals surface area contributed by atoms with Gasteiger partial charge < -0.3 is 29.3 Å². The van der Waals surface area contributed by atoms with Gasteiger partial charge in [0.1, 0.15) is 12.4 Å². The molecule has 2 aromatic carbocycles. The molecule has 1 saturated carbocycles. The smallest absolute Gasteiger partial charge is 0.268 e. The largest absolute Gasteiger partial charge is 0.493 e. The number of hydrogen-bond acceptors (Lipinski definition) is 6. The molecule has 3 fully saturated rings. The van der Waals surface area contributed by atoms with Gasteiger partial charge in [-0.1, -0.05) is 12.1 Å². The van der Waals surface area contributed by atoms with Gasteiger partial charge in [0.15, 0.2) is 17.6 Å². The van der Waals surface area contributed by atoms with Crippen LogP contribution in [0.4, 0.5) is 5.69 Å². The van der Waals surface area contributed by atoms with Crippen LogP contribution in [0.1, 0.15) is 43.6 Å². The zero-order chi connectivity index (χ0) is 24.0. The van der Waals surface area contributed by atoms with Crippen molar-refractivity contribution in [2.75, 3.05) is 57.9 Å². The Morgan fingerprint density at radius 1 is 0.943 bits per heavy atom. The van der Waals surface area contributed by atoms with E-state index >= 15 is 0 Å². The second-order valence-corrected chi connectivity index (χ2v) is 9.71. The van der Waals surface area contributed by atoms with Gasteiger partial charge in [0.25, 0.3) is 5.91 Å². The van der Waals surface area contributed by atoms with Crippen LogP contribution in [0.2, 0.25) is 0 Å². The van der Waals surface area contributed by atoms with E-state index in [2.05, 4.69) is 22.3 Å². The van der Waals surface area contributed by atoms with E-state index in [0.717, 1.165) is 31.1 Å². The summed E-state index contributed by atoms with van der Waals surface area (Å²) in [5.41, 5.74) is 2.17. The number of benzene rings is 2. The minimum Gasteiger partial charge on any atom is -0.493 e. The predicted molar refractivity (Wildman–Crippen MR) is 137 cm³/mol. The molecule has 0 aromatic heterocycles. The predicted octanol–water partition coefficient (Wildman–Crippen LogP) is 3.82. The minimum absolute atomic E-state index is 0.0193. The van der Waals surface area contributed by atoms with Crippen LogP contribution in [-0.4, -0.2) is 69.9 Å². The lowest BCUT2D eigenvalue weighted by molar-refractivity contribution is -0.122. The van der Waals surface area contributed by atoms with Crippen molar-refractivity contribution < 1.29 is 19.0 Å². The molecule has 0 unspecified atom stereocenters. The number of carbonyl (C=O) groups is 1. The van der Waals surface area contributed by atoms with E-state index in [9.17, 15) is 4.79 Å². The molecular formula is C28H37N3O4. The number of amides is 1. The quantitative estimate of drug-likeness (QED) is 0.467. The van der Waals surface area contributed by atoms with E-state index in [1.54, 1.807) is 12.0 Å². The van der Waals surface area contributed by atoms with Crippen molar-refractivity contribution in [2.45, 2.75) is 44.1 Å². The average molecular weight is 480 g/mol. The molecule has 7 nitrogen and oxygen atoms in total. The molecule has 1 atom stereocenters. The van der Waals surface area contributed by atoms with E-state index in [0.29, 0.717) is 37.0 Å². The lowest BCUT2D eigenvalue weighted by atomic mass is 10.1. The summed E-state index contributed by atoms with van der Waals surface area (Å²) in [6, 6.07) is 13.9. The minimum atomic E-state index is -0.463. The van der Waals surface area contributed by atoms with Crippen LogP contribution in [0.5, 0.6) is 17.2 Å². The first-order valence-corrected chi connectivity index (χ1v) is 13.0. The number of likely N-dealkylation sites (tertiary alicyclic amines) is 1. The number of nitrogens with one attached hydrogen (secondary N) is 1. The van der Waals surface area contributed by atoms with Gasteiger partial charge in [-0.05, 0) is 74.5 Å². The Hall–Kier alpha value is -2.77. The Morgan fingerprint density at radius 2 is 1.74 bits per heavy atom. The number of nitrogens with zero attached hydrogens (tertiary/aromatic N) is 2. The van der Waals surface area contributed by atoms with Crippen molar-refractivity contribution in [3.8, 4) is 17.2 Å². The fourth-order valence-electron chi connectivity index (χ4n) is 4.96. The first-order chi connectivity index (χ1) is 17.2. The third kappa shape index (κ3) is 6.08. The summed E-state index contributed by atoms with van der Waals surface area (Å²) in [4.78, 5) is 17.3. The second-order valence-electron chi connectivity index (χ2n) is 9.71. The Labute approximate surface area is 208 Å². The fraction of sp³-hybridized carbons (Fsp3) is 0.536. The average Bonchev–Trinajstić information content (AvgIpc) is 3.49. The molecule has 0 radical (unpaired) electrons. The molecule has 188 valence electrons. The molecule has 5 rings (SSSR count). The summed E-state index contributed by atoms with van der Waals surface area (Å²) in [7, 11) is 1.63. The van der Waals surface area contributed by atoms with Gasteiger partial charge in [0, 0.05) is 44.4 Å². The second kappa shape index (κ2) is 11.3. The van der Waals surface area contributed by atoms with Crippen LogP contribution in [0.25, 0.3) is 0 Å². The number of rotatable bonds is 12. The van der Waals surface area contributed by atoms with Gasteiger partial charge in [-0.25, -0.2) is 0 Å². The van der Waals surface area contributed by atoms with Gasteiger partial charge in [0.2, 0.25) is 0 Å². The standard InChI is InChI=1S/C28H37N3O4/c1-33-27-20-23(8-11-25(27)34-19-14-29-13-18-30-15-2-3-16-30)31-17-12-26(28(31)32)35-24-9-6-22(7-10-24)21-4-5-21/h6-11,20-21,26,29H,2-5,12-19H2,1H3/t26-/m0/s1. The number of anilines is 1. The van der Waals surface area contributed by atoms with Crippen LogP contribution in [-0.2, 0) is 4.79 Å². The summed E-state index contributed by atoms with van der Waals surface area (Å²) in [5, 5.41) is 3.44. The van der Waals surface area contributed by atoms with Crippen molar-refractivity contribution in [3.63, 3.8) is 0 Å². The monoisotopic (exact) mass is 479 g/mol. The van der Waals surface area contributed by atoms with Gasteiger partial charge in [-0.15, -0.1) is 0 Å². The number of ether oxygens (including phenoxy) is 3. The highest BCUT2D eigenvalue weighted by molar-refractivity contribution is 5.99. The molecule has 1 N–H and O–H groups in total. The van der Waals surface area contributed by atoms with E-state index in [1.807, 2.05) is 30.3 Å². The van der Waals surface area contributed by atoms with Crippen molar-refractivity contribution >= 4 is 11.6 Å². The first-order valence-electron chi connectivity index (χ1n) is 13.0. The molecule has 7 heteroatoms. The number of carbonyl (C=O) groups excluding carboxylic acids is 1. The first kappa shape index (κ1) is 23.9. The van der Waals surface area contributed by atoms with Crippen LogP contribution >= 0.6 is 0 Å². The topological polar surface area (TPSA) is 63.3 Å². The molecule has 2 aliphatic heterocycles. The summed E-state index contributed by atoms with van der Waals surface area (Å²) in [5.74, 6) is 2.77. The lowest BCUT2D eigenvalue weighted by Gasteiger charge is -2.19. The maximum atomic E-state index is 13.1. The molecule has 1 amide bonds. The molecule has 2 heterocycles. The summed E-state index contributed by atoms with van der Waals surface area (Å²) < 4.78 is 17.5. The highest BCUT2D eigenvalue weighted by Crippen LogP contribution is 2.40. The van der Waals surface area contributed by atoms with E-state index in [4.69, 9.17) is 14.2 Å². The fourth-order valence-corrected chi connectivity index (χ4v) is 4.96. The third-order valence-corrected chi connectivity index (χ3v) is 7.16. The van der Waals surface area contributed by atoms with Gasteiger partial charge >= 0.3 is 0 Å². The molecule has 2 saturated heterocycles. The van der Waals surface area contributed by atoms with Crippen LogP contribution in [0.3, 0.4) is 0 Å². The number of hydrogen-bond donors (Lipinski definition) is 1. The highest BCUT2D eigenvalue weighted by atomic mass is 16.5. The van der Waals surface area contributed by atoms with E-state index in [1.165, 1.54) is 44.3 Å². The van der Waals surface area contributed by atoms with Gasteiger partial charge in [-0.3, -0.25) is 4.79 Å². The molecule has 3 aliphatic rings. The Bertz CT molecular complexity index is 986. The third-order valence-electron chi connectivity index (χ3n) is 7.16. The SMILES string of the molecule is COc1cc(N2CC[C@H](Oc3ccc(C4CC4)cc3)C2=O)ccc1OCCNCCN1CCCC1. The summed E-state index contributed by atoms with van der Waals surface area (Å²) in [6.45, 7) is 6.48. The van der Waals surface area contributed by atoms with E-state index < -0.39 is 6.10 Å². The molecule has 0 bridgehead atoms. The van der Waals surface area contributed by atoms with Crippen molar-refractivity contribution in [1.29, 1.82) is 0 Å². The van der Waals surface area contributed by atoms with Gasteiger partial charge in [0.05, 0.1) is 7.11 Å². The lowest BCUT2D eigenvalue weighted by Crippen LogP contribution is -2.32. The van der Waals surface area contributed by atoms with Crippen LogP contribution in [0.15, 0.2) is 42.5 Å². The maximum Gasteiger partial charge on any atom is 0.268 e. The maximum absolute atomic E-state index is 13.1. The zero-order valence-corrected chi connectivity index (χ0v) is 20.7. The molecular weight excluding hydrogens is 442 g/mol. The zero-order valence-electron chi connectivity index (χ0n) is 20.7. The highest BCUT2D eigenvalue weighted by Gasteiger charge is 2.35. The molecule has 0 spiro atoms. The summed E-state index contributed by atoms with van der Waals surface area (Å²) in [6.07, 6.45) is 5.40. The number of methoxy groups -OCH3 is 1. The summed E-state index contributed by atoms with van der Waals surface area (Å²) >= 11 is 0. The normalized spacial score (nSPS) is 20.4. The van der Waals surface area contributed by atoms with Gasteiger partial charge in [-0.2, -0.15) is 0 Å². The Balaban J connectivity index is 1.10. The molecule has 35 heavy (non-hydrogen) atoms. The van der Waals surface area contributed by atoms with Crippen molar-refractivity contribution in [1.82, 2.24) is 10.2 Å². The van der Waals surface area contributed by atoms with E-state index in [-0.39, 0.29) is 5.91 Å². The van der Waals surface area contributed by atoms with Crippen LogP contribution in [0, 0.1) is 0 Å². The van der Waals surface area contributed by atoms with Crippen molar-refractivity contribution in [3.05, 3.63) is 48.0 Å².